The van der Waals surface area contributed by atoms with E-state index in [0.717, 1.165) is 20.5 Å². The number of hydrogen-bond acceptors (Lipinski definition) is 3. The van der Waals surface area contributed by atoms with Gasteiger partial charge >= 0.3 is 0 Å². The molecule has 0 spiro atoms. The summed E-state index contributed by atoms with van der Waals surface area (Å²) < 4.78 is 0. The molecule has 0 aliphatic carbocycles. The number of nitrogens with two attached hydrogens (primary N) is 1. The van der Waals surface area contributed by atoms with E-state index in [0.29, 0.717) is 0 Å². The molecular formula is C13H13ClN2S. The minimum atomic E-state index is 0.0251. The van der Waals surface area contributed by atoms with Gasteiger partial charge in [-0.2, -0.15) is 0 Å². The highest BCUT2D eigenvalue weighted by molar-refractivity contribution is 7.99. The molecule has 1 atom stereocenters. The molecule has 4 heteroatoms. The molecule has 0 radical (unpaired) electrons. The predicted molar refractivity (Wildman–Crippen MR) is 72.4 cm³/mol. The molecule has 1 aromatic carbocycles. The highest BCUT2D eigenvalue weighted by Gasteiger charge is 2.02. The van der Waals surface area contributed by atoms with Gasteiger partial charge in [0.2, 0.25) is 0 Å². The Labute approximate surface area is 110 Å². The quantitative estimate of drug-likeness (QED) is 0.914. The summed E-state index contributed by atoms with van der Waals surface area (Å²) in [7, 11) is 0. The molecule has 0 saturated carbocycles. The van der Waals surface area contributed by atoms with Crippen LogP contribution in [0.5, 0.6) is 0 Å². The number of benzene rings is 1. The van der Waals surface area contributed by atoms with Gasteiger partial charge in [0.05, 0.1) is 0 Å². The summed E-state index contributed by atoms with van der Waals surface area (Å²) in [5.41, 5.74) is 6.82. The topological polar surface area (TPSA) is 38.9 Å². The monoisotopic (exact) mass is 264 g/mol. The molecule has 2 aromatic rings. The van der Waals surface area contributed by atoms with Crippen LogP contribution in [-0.4, -0.2) is 4.98 Å². The highest BCUT2D eigenvalue weighted by atomic mass is 35.5. The number of rotatable bonds is 3. The average molecular weight is 265 g/mol. The van der Waals surface area contributed by atoms with Crippen molar-refractivity contribution in [1.82, 2.24) is 4.98 Å². The Morgan fingerprint density at radius 3 is 2.41 bits per heavy atom. The van der Waals surface area contributed by atoms with Crippen molar-refractivity contribution in [2.75, 3.05) is 0 Å². The molecule has 0 fully saturated rings. The van der Waals surface area contributed by atoms with Crippen molar-refractivity contribution in [3.63, 3.8) is 0 Å². The van der Waals surface area contributed by atoms with Gasteiger partial charge in [-0.25, -0.2) is 4.98 Å². The van der Waals surface area contributed by atoms with Gasteiger partial charge in [-0.3, -0.25) is 0 Å². The summed E-state index contributed by atoms with van der Waals surface area (Å²) in [6, 6.07) is 11.7. The van der Waals surface area contributed by atoms with Crippen molar-refractivity contribution in [1.29, 1.82) is 0 Å². The Bertz CT molecular complexity index is 480. The SMILES string of the molecule is CC(N)c1ccc(Sc2ccc(Cl)cc2)nc1. The fourth-order valence-corrected chi connectivity index (χ4v) is 2.23. The van der Waals surface area contributed by atoms with E-state index in [4.69, 9.17) is 17.3 Å². The average Bonchev–Trinajstić information content (AvgIpc) is 2.33. The largest absolute Gasteiger partial charge is 0.324 e. The Kier molecular flexibility index (Phi) is 4.05. The standard InChI is InChI=1S/C13H13ClN2S/c1-9(15)10-2-7-13(16-8-10)17-12-5-3-11(14)4-6-12/h2-9H,15H2,1H3. The van der Waals surface area contributed by atoms with Crippen LogP contribution >= 0.6 is 23.4 Å². The van der Waals surface area contributed by atoms with E-state index in [9.17, 15) is 0 Å². The number of hydrogen-bond donors (Lipinski definition) is 1. The van der Waals surface area contributed by atoms with Gasteiger partial charge < -0.3 is 5.73 Å². The normalized spacial score (nSPS) is 12.4. The highest BCUT2D eigenvalue weighted by Crippen LogP contribution is 2.27. The molecule has 0 amide bonds. The van der Waals surface area contributed by atoms with E-state index in [1.54, 1.807) is 11.8 Å². The molecule has 17 heavy (non-hydrogen) atoms. The molecule has 2 nitrogen and oxygen atoms in total. The molecule has 2 rings (SSSR count). The maximum atomic E-state index is 5.83. The van der Waals surface area contributed by atoms with E-state index < -0.39 is 0 Å². The van der Waals surface area contributed by atoms with Gasteiger partial charge in [0.25, 0.3) is 0 Å². The Morgan fingerprint density at radius 1 is 1.18 bits per heavy atom. The van der Waals surface area contributed by atoms with E-state index in [2.05, 4.69) is 4.98 Å². The lowest BCUT2D eigenvalue weighted by Crippen LogP contribution is -2.04. The lowest BCUT2D eigenvalue weighted by molar-refractivity contribution is 0.806. The van der Waals surface area contributed by atoms with Crippen molar-refractivity contribution in [2.45, 2.75) is 22.9 Å². The summed E-state index contributed by atoms with van der Waals surface area (Å²) in [4.78, 5) is 5.49. The van der Waals surface area contributed by atoms with Crippen LogP contribution in [-0.2, 0) is 0 Å². The van der Waals surface area contributed by atoms with Gasteiger partial charge in [0.1, 0.15) is 5.03 Å². The van der Waals surface area contributed by atoms with Gasteiger partial charge in [-0.1, -0.05) is 29.4 Å². The van der Waals surface area contributed by atoms with Gasteiger partial charge in [0, 0.05) is 22.2 Å². The predicted octanol–water partition coefficient (Wildman–Crippen LogP) is 3.91. The van der Waals surface area contributed by atoms with Gasteiger partial charge in [-0.05, 0) is 42.8 Å². The van der Waals surface area contributed by atoms with E-state index in [-0.39, 0.29) is 6.04 Å². The van der Waals surface area contributed by atoms with E-state index >= 15 is 0 Å². The minimum absolute atomic E-state index is 0.0251. The second-order valence-electron chi connectivity index (χ2n) is 3.77. The third-order valence-electron chi connectivity index (χ3n) is 2.32. The van der Waals surface area contributed by atoms with E-state index in [1.807, 2.05) is 49.5 Å². The molecule has 88 valence electrons. The molecular weight excluding hydrogens is 252 g/mol. The molecule has 0 bridgehead atoms. The van der Waals surface area contributed by atoms with Crippen LogP contribution in [0.25, 0.3) is 0 Å². The molecule has 1 heterocycles. The third-order valence-corrected chi connectivity index (χ3v) is 3.53. The van der Waals surface area contributed by atoms with Crippen molar-refractivity contribution < 1.29 is 0 Å². The number of aromatic nitrogens is 1. The Morgan fingerprint density at radius 2 is 1.88 bits per heavy atom. The first-order valence-electron chi connectivity index (χ1n) is 5.30. The zero-order valence-corrected chi connectivity index (χ0v) is 11.0. The summed E-state index contributed by atoms with van der Waals surface area (Å²) in [6.45, 7) is 1.95. The lowest BCUT2D eigenvalue weighted by atomic mass is 10.2. The molecule has 0 aliphatic rings. The maximum Gasteiger partial charge on any atom is 0.101 e. The first-order chi connectivity index (χ1) is 8.15. The van der Waals surface area contributed by atoms with Crippen LogP contribution in [0.4, 0.5) is 0 Å². The molecule has 2 N–H and O–H groups in total. The third kappa shape index (κ3) is 3.46. The van der Waals surface area contributed by atoms with Crippen molar-refractivity contribution in [3.8, 4) is 0 Å². The summed E-state index contributed by atoms with van der Waals surface area (Å²) >= 11 is 7.44. The number of halogens is 1. The summed E-state index contributed by atoms with van der Waals surface area (Å²) in [5, 5.41) is 1.70. The van der Waals surface area contributed by atoms with Crippen molar-refractivity contribution in [2.24, 2.45) is 5.73 Å². The zero-order valence-electron chi connectivity index (χ0n) is 9.43. The van der Waals surface area contributed by atoms with Crippen LogP contribution in [0, 0.1) is 0 Å². The zero-order chi connectivity index (χ0) is 12.3. The second kappa shape index (κ2) is 5.54. The summed E-state index contributed by atoms with van der Waals surface area (Å²) in [5.74, 6) is 0. The van der Waals surface area contributed by atoms with Crippen LogP contribution < -0.4 is 5.73 Å². The minimum Gasteiger partial charge on any atom is -0.324 e. The number of nitrogens with zero attached hydrogens (tertiary/aromatic N) is 1. The lowest BCUT2D eigenvalue weighted by Gasteiger charge is -2.06. The Hall–Kier alpha value is -1.03. The van der Waals surface area contributed by atoms with Crippen LogP contribution in [0.3, 0.4) is 0 Å². The molecule has 0 saturated heterocycles. The molecule has 1 unspecified atom stereocenters. The van der Waals surface area contributed by atoms with Gasteiger partial charge in [-0.15, -0.1) is 0 Å². The van der Waals surface area contributed by atoms with Crippen LogP contribution in [0.15, 0.2) is 52.5 Å². The maximum absolute atomic E-state index is 5.83. The molecule has 0 aliphatic heterocycles. The fraction of sp³-hybridized carbons (Fsp3) is 0.154. The van der Waals surface area contributed by atoms with Crippen LogP contribution in [0.2, 0.25) is 5.02 Å². The summed E-state index contributed by atoms with van der Waals surface area (Å²) in [6.07, 6.45) is 1.82. The van der Waals surface area contributed by atoms with Gasteiger partial charge in [0.15, 0.2) is 0 Å². The Balaban J connectivity index is 2.11. The van der Waals surface area contributed by atoms with Crippen LogP contribution in [0.1, 0.15) is 18.5 Å². The number of pyridine rings is 1. The smallest absolute Gasteiger partial charge is 0.101 e. The molecule has 1 aromatic heterocycles. The fourth-order valence-electron chi connectivity index (χ4n) is 1.34. The first-order valence-corrected chi connectivity index (χ1v) is 6.49. The first kappa shape index (κ1) is 12.4. The second-order valence-corrected chi connectivity index (χ2v) is 5.30. The van der Waals surface area contributed by atoms with Crippen molar-refractivity contribution >= 4 is 23.4 Å². The van der Waals surface area contributed by atoms with Crippen molar-refractivity contribution in [3.05, 3.63) is 53.2 Å². The van der Waals surface area contributed by atoms with E-state index in [1.165, 1.54) is 0 Å².